The number of epoxide rings is 1. The summed E-state index contributed by atoms with van der Waals surface area (Å²) < 4.78 is 17.5. The molecule has 7 heteroatoms. The second kappa shape index (κ2) is 16.0. The van der Waals surface area contributed by atoms with Gasteiger partial charge in [0.25, 0.3) is 0 Å². The van der Waals surface area contributed by atoms with Crippen molar-refractivity contribution in [1.82, 2.24) is 0 Å². The third-order valence-corrected chi connectivity index (χ3v) is 8.19. The fourth-order valence-corrected chi connectivity index (χ4v) is 5.32. The molecule has 2 N–H and O–H groups in total. The number of rotatable bonds is 10. The lowest BCUT2D eigenvalue weighted by molar-refractivity contribution is -0.151. The number of hydrogen-bond acceptors (Lipinski definition) is 7. The molecule has 2 aliphatic heterocycles. The summed E-state index contributed by atoms with van der Waals surface area (Å²) in [5.41, 5.74) is 1.95. The van der Waals surface area contributed by atoms with Crippen molar-refractivity contribution in [3.05, 3.63) is 84.0 Å². The van der Waals surface area contributed by atoms with Gasteiger partial charge in [-0.2, -0.15) is 0 Å². The molecule has 1 fully saturated rings. The molecule has 1 aromatic rings. The summed E-state index contributed by atoms with van der Waals surface area (Å²) in [6.07, 6.45) is 9.68. The lowest BCUT2D eigenvalue weighted by atomic mass is 9.93. The molecule has 1 saturated heterocycles. The van der Waals surface area contributed by atoms with Crippen molar-refractivity contribution in [3.8, 4) is 0 Å². The fourth-order valence-electron chi connectivity index (χ4n) is 5.32. The highest BCUT2D eigenvalue weighted by Gasteiger charge is 2.44. The summed E-state index contributed by atoms with van der Waals surface area (Å²) in [5.74, 6) is -0.751. The van der Waals surface area contributed by atoms with Crippen LogP contribution in [0.25, 0.3) is 0 Å². The monoisotopic (exact) mass is 580 g/mol. The van der Waals surface area contributed by atoms with Gasteiger partial charge in [-0.25, -0.2) is 4.79 Å². The summed E-state index contributed by atoms with van der Waals surface area (Å²) in [5, 5.41) is 20.6. The number of esters is 2. The van der Waals surface area contributed by atoms with Gasteiger partial charge in [-0.1, -0.05) is 76.8 Å². The third-order valence-electron chi connectivity index (χ3n) is 8.19. The van der Waals surface area contributed by atoms with Crippen molar-refractivity contribution in [3.63, 3.8) is 0 Å². The summed E-state index contributed by atoms with van der Waals surface area (Å²) in [7, 11) is 0. The van der Waals surface area contributed by atoms with E-state index < -0.39 is 30.3 Å². The van der Waals surface area contributed by atoms with Gasteiger partial charge in [-0.05, 0) is 67.9 Å². The minimum Gasteiger partial charge on any atom is -0.457 e. The Balaban J connectivity index is 1.70. The first-order valence-corrected chi connectivity index (χ1v) is 15.2. The smallest absolute Gasteiger partial charge is 0.339 e. The number of benzene rings is 1. The van der Waals surface area contributed by atoms with Crippen molar-refractivity contribution in [2.24, 2.45) is 17.8 Å². The summed E-state index contributed by atoms with van der Waals surface area (Å²) in [6.45, 7) is 14.1. The van der Waals surface area contributed by atoms with Crippen molar-refractivity contribution < 1.29 is 34.0 Å². The Morgan fingerprint density at radius 2 is 1.93 bits per heavy atom. The van der Waals surface area contributed by atoms with E-state index in [4.69, 9.17) is 14.2 Å². The van der Waals surface area contributed by atoms with Gasteiger partial charge in [0.05, 0.1) is 36.4 Å². The first-order chi connectivity index (χ1) is 20.0. The Morgan fingerprint density at radius 1 is 1.21 bits per heavy atom. The molecular weight excluding hydrogens is 532 g/mol. The van der Waals surface area contributed by atoms with Crippen molar-refractivity contribution >= 4 is 11.9 Å². The highest BCUT2D eigenvalue weighted by molar-refractivity contribution is 5.89. The molecule has 9 unspecified atom stereocenters. The van der Waals surface area contributed by atoms with Gasteiger partial charge in [0.15, 0.2) is 0 Å². The van der Waals surface area contributed by atoms with Crippen molar-refractivity contribution in [2.75, 3.05) is 0 Å². The average molecular weight is 581 g/mol. The maximum Gasteiger partial charge on any atom is 0.339 e. The number of hydrogen-bond donors (Lipinski definition) is 2. The SMILES string of the molecule is C=C1CCC(O)CC(=O)OC(/C(C)=C/C=C/C(C)CC2OC2C(C)C(O)CC)C(C)/C=C/C1OC(=O)c1ccccc1. The lowest BCUT2D eigenvalue weighted by Crippen LogP contribution is -2.29. The molecule has 42 heavy (non-hydrogen) atoms. The molecule has 1 aromatic carbocycles. The normalized spacial score (nSPS) is 30.4. The minimum atomic E-state index is -0.890. The first-order valence-electron chi connectivity index (χ1n) is 15.2. The van der Waals surface area contributed by atoms with Gasteiger partial charge < -0.3 is 24.4 Å². The fraction of sp³-hybridized carbons (Fsp3) is 0.543. The van der Waals surface area contributed by atoms with Crippen LogP contribution in [-0.2, 0) is 19.0 Å². The molecule has 2 heterocycles. The Kier molecular flexibility index (Phi) is 12.8. The van der Waals surface area contributed by atoms with Crippen molar-refractivity contribution in [2.45, 2.75) is 103 Å². The van der Waals surface area contributed by atoms with E-state index in [1.165, 1.54) is 0 Å². The molecule has 0 radical (unpaired) electrons. The van der Waals surface area contributed by atoms with Crippen LogP contribution in [0.4, 0.5) is 0 Å². The summed E-state index contributed by atoms with van der Waals surface area (Å²) in [4.78, 5) is 25.5. The molecule has 0 aromatic heterocycles. The maximum absolute atomic E-state index is 12.8. The van der Waals surface area contributed by atoms with E-state index in [1.54, 1.807) is 30.3 Å². The number of aliphatic hydroxyl groups excluding tert-OH is 2. The molecule has 0 amide bonds. The van der Waals surface area contributed by atoms with Crippen LogP contribution in [0.3, 0.4) is 0 Å². The average Bonchev–Trinajstić information content (AvgIpc) is 3.74. The van der Waals surface area contributed by atoms with Gasteiger partial charge >= 0.3 is 11.9 Å². The maximum atomic E-state index is 12.8. The van der Waals surface area contributed by atoms with Crippen LogP contribution in [0.15, 0.2) is 78.4 Å². The van der Waals surface area contributed by atoms with Crippen LogP contribution in [0, 0.1) is 17.8 Å². The van der Waals surface area contributed by atoms with E-state index in [-0.39, 0.29) is 42.5 Å². The molecule has 0 saturated carbocycles. The molecule has 3 rings (SSSR count). The molecule has 0 bridgehead atoms. The van der Waals surface area contributed by atoms with Gasteiger partial charge in [0.1, 0.15) is 12.2 Å². The second-order valence-corrected chi connectivity index (χ2v) is 11.9. The third kappa shape index (κ3) is 10.1. The van der Waals surface area contributed by atoms with Crippen LogP contribution in [0.1, 0.15) is 77.1 Å². The second-order valence-electron chi connectivity index (χ2n) is 11.9. The largest absolute Gasteiger partial charge is 0.457 e. The number of aliphatic hydroxyl groups is 2. The van der Waals surface area contributed by atoms with Crippen LogP contribution in [0.5, 0.6) is 0 Å². The quantitative estimate of drug-likeness (QED) is 0.149. The number of cyclic esters (lactones) is 1. The predicted molar refractivity (Wildman–Crippen MR) is 164 cm³/mol. The summed E-state index contributed by atoms with van der Waals surface area (Å²) in [6, 6.07) is 8.78. The van der Waals surface area contributed by atoms with Gasteiger partial charge in [-0.15, -0.1) is 0 Å². The van der Waals surface area contributed by atoms with Crippen LogP contribution in [0.2, 0.25) is 0 Å². The number of carbonyl (C=O) groups excluding carboxylic acids is 2. The molecule has 230 valence electrons. The Bertz CT molecular complexity index is 1140. The van der Waals surface area contributed by atoms with Crippen LogP contribution in [-0.4, -0.2) is 58.8 Å². The van der Waals surface area contributed by atoms with E-state index >= 15 is 0 Å². The topological polar surface area (TPSA) is 106 Å². The van der Waals surface area contributed by atoms with Gasteiger partial charge in [-0.3, -0.25) is 4.79 Å². The lowest BCUT2D eigenvalue weighted by Gasteiger charge is -2.26. The molecule has 0 aliphatic carbocycles. The highest BCUT2D eigenvalue weighted by Crippen LogP contribution is 2.36. The van der Waals surface area contributed by atoms with E-state index in [1.807, 2.05) is 52.0 Å². The van der Waals surface area contributed by atoms with E-state index in [0.29, 0.717) is 24.0 Å². The molecule has 7 nitrogen and oxygen atoms in total. The van der Waals surface area contributed by atoms with Gasteiger partial charge in [0.2, 0.25) is 0 Å². The number of allylic oxidation sites excluding steroid dienone is 3. The molecule has 2 aliphatic rings. The number of ether oxygens (including phenoxy) is 3. The van der Waals surface area contributed by atoms with Crippen molar-refractivity contribution in [1.29, 1.82) is 0 Å². The summed E-state index contributed by atoms with van der Waals surface area (Å²) >= 11 is 0. The minimum absolute atomic E-state index is 0.110. The zero-order valence-corrected chi connectivity index (χ0v) is 25.6. The first kappa shape index (κ1) is 33.5. The van der Waals surface area contributed by atoms with Crippen LogP contribution >= 0.6 is 0 Å². The number of carbonyl (C=O) groups is 2. The molecular formula is C35H48O7. The van der Waals surface area contributed by atoms with Crippen LogP contribution < -0.4 is 0 Å². The van der Waals surface area contributed by atoms with E-state index in [2.05, 4.69) is 19.6 Å². The van der Waals surface area contributed by atoms with E-state index in [9.17, 15) is 19.8 Å². The predicted octanol–water partition coefficient (Wildman–Crippen LogP) is 6.12. The van der Waals surface area contributed by atoms with E-state index in [0.717, 1.165) is 18.4 Å². The zero-order valence-electron chi connectivity index (χ0n) is 25.6. The Hall–Kier alpha value is -3.00. The highest BCUT2D eigenvalue weighted by atomic mass is 16.6. The molecule has 9 atom stereocenters. The molecule has 0 spiro atoms. The Morgan fingerprint density at radius 3 is 2.62 bits per heavy atom. The zero-order chi connectivity index (χ0) is 30.8. The Labute approximate surface area is 250 Å². The van der Waals surface area contributed by atoms with Gasteiger partial charge in [0, 0.05) is 11.8 Å². The standard InChI is InChI=1S/C35H48O7/c1-7-29(37)26(6)34-31(40-34)20-22(2)12-11-13-24(4)33-25(5)17-19-30(41-35(39)27-14-9-8-10-15-27)23(3)16-18-28(36)21-32(38)42-33/h8-15,17,19,22,25-26,28-31,33-34,36-37H,3,7,16,18,20-21H2,1-2,4-6H3/b12-11+,19-17+,24-13+.